The Morgan fingerprint density at radius 3 is 2.46 bits per heavy atom. The van der Waals surface area contributed by atoms with E-state index >= 15 is 0 Å². The Bertz CT molecular complexity index is 741. The number of carbonyl (C=O) groups is 1. The molecule has 1 unspecified atom stereocenters. The van der Waals surface area contributed by atoms with Gasteiger partial charge >= 0.3 is 0 Å². The van der Waals surface area contributed by atoms with Crippen LogP contribution in [0.2, 0.25) is 0 Å². The van der Waals surface area contributed by atoms with E-state index in [-0.39, 0.29) is 23.2 Å². The van der Waals surface area contributed by atoms with Crippen molar-refractivity contribution in [3.8, 4) is 11.1 Å². The maximum absolute atomic E-state index is 12.4. The fourth-order valence-electron chi connectivity index (χ4n) is 2.36. The van der Waals surface area contributed by atoms with Crippen LogP contribution in [0.1, 0.15) is 22.8 Å². The number of methoxy groups -OCH3 is 1. The maximum Gasteiger partial charge on any atom is 0.270 e. The van der Waals surface area contributed by atoms with Crippen molar-refractivity contribution in [1.82, 2.24) is 5.32 Å². The topological polar surface area (TPSA) is 81.5 Å². The van der Waals surface area contributed by atoms with Crippen molar-refractivity contribution in [2.24, 2.45) is 0 Å². The smallest absolute Gasteiger partial charge is 0.270 e. The van der Waals surface area contributed by atoms with Gasteiger partial charge in [0.15, 0.2) is 0 Å². The predicted octanol–water partition coefficient (Wildman–Crippen LogP) is 3.33. The van der Waals surface area contributed by atoms with Crippen LogP contribution in [0.4, 0.5) is 5.69 Å². The van der Waals surface area contributed by atoms with Gasteiger partial charge < -0.3 is 10.1 Å². The number of nitrogens with zero attached hydrogens (tertiary/aromatic N) is 1. The fraction of sp³-hybridized carbons (Fsp3) is 0.278. The Kier molecular flexibility index (Phi) is 5.65. The van der Waals surface area contributed by atoms with Gasteiger partial charge in [0.1, 0.15) is 0 Å². The highest BCUT2D eigenvalue weighted by molar-refractivity contribution is 5.96. The zero-order valence-electron chi connectivity index (χ0n) is 13.9. The van der Waals surface area contributed by atoms with Crippen LogP contribution in [0.5, 0.6) is 0 Å². The molecule has 2 aromatic carbocycles. The number of ether oxygens (including phenoxy) is 1. The molecule has 0 bridgehead atoms. The summed E-state index contributed by atoms with van der Waals surface area (Å²) in [6.07, 6.45) is 0. The summed E-state index contributed by atoms with van der Waals surface area (Å²) in [6.45, 7) is 4.14. The van der Waals surface area contributed by atoms with Gasteiger partial charge in [0, 0.05) is 30.8 Å². The lowest BCUT2D eigenvalue weighted by Crippen LogP contribution is -2.35. The third kappa shape index (κ3) is 4.39. The second-order valence-electron chi connectivity index (χ2n) is 5.72. The largest absolute Gasteiger partial charge is 0.383 e. The van der Waals surface area contributed by atoms with Gasteiger partial charge in [0.05, 0.1) is 11.5 Å². The number of nitro groups is 1. The fourth-order valence-corrected chi connectivity index (χ4v) is 2.36. The molecule has 6 nitrogen and oxygen atoms in total. The summed E-state index contributed by atoms with van der Waals surface area (Å²) < 4.78 is 4.98. The zero-order valence-corrected chi connectivity index (χ0v) is 13.9. The van der Waals surface area contributed by atoms with Crippen molar-refractivity contribution >= 4 is 11.6 Å². The molecule has 0 aromatic heterocycles. The summed E-state index contributed by atoms with van der Waals surface area (Å²) in [5, 5.41) is 14.0. The molecule has 0 spiro atoms. The van der Waals surface area contributed by atoms with Crippen molar-refractivity contribution in [3.05, 3.63) is 63.7 Å². The summed E-state index contributed by atoms with van der Waals surface area (Å²) in [6, 6.07) is 11.8. The summed E-state index contributed by atoms with van der Waals surface area (Å²) in [4.78, 5) is 23.1. The number of benzene rings is 2. The van der Waals surface area contributed by atoms with Crippen LogP contribution in [0.15, 0.2) is 42.5 Å². The van der Waals surface area contributed by atoms with Crippen LogP contribution >= 0.6 is 0 Å². The SMILES string of the molecule is COCC(C)NC(=O)c1cc(-c2ccc(C)cc2)cc([N+](=O)[O-])c1. The van der Waals surface area contributed by atoms with E-state index in [4.69, 9.17) is 4.74 Å². The second kappa shape index (κ2) is 7.70. The molecule has 6 heteroatoms. The molecule has 0 heterocycles. The van der Waals surface area contributed by atoms with Gasteiger partial charge in [0.25, 0.3) is 11.6 Å². The van der Waals surface area contributed by atoms with E-state index in [0.29, 0.717) is 12.2 Å². The molecule has 0 aliphatic heterocycles. The number of nitro benzene ring substituents is 1. The molecule has 2 rings (SSSR count). The van der Waals surface area contributed by atoms with Gasteiger partial charge in [-0.15, -0.1) is 0 Å². The molecule has 0 saturated carbocycles. The number of non-ortho nitro benzene ring substituents is 1. The number of carbonyl (C=O) groups excluding carboxylic acids is 1. The summed E-state index contributed by atoms with van der Waals surface area (Å²) >= 11 is 0. The Morgan fingerprint density at radius 2 is 1.88 bits per heavy atom. The van der Waals surface area contributed by atoms with E-state index in [9.17, 15) is 14.9 Å². The van der Waals surface area contributed by atoms with E-state index in [1.54, 1.807) is 20.1 Å². The average molecular weight is 328 g/mol. The van der Waals surface area contributed by atoms with Gasteiger partial charge in [-0.05, 0) is 31.0 Å². The molecule has 0 aliphatic carbocycles. The molecular weight excluding hydrogens is 308 g/mol. The quantitative estimate of drug-likeness (QED) is 0.651. The third-order valence-electron chi connectivity index (χ3n) is 3.57. The summed E-state index contributed by atoms with van der Waals surface area (Å²) in [5.41, 5.74) is 2.69. The second-order valence-corrected chi connectivity index (χ2v) is 5.72. The van der Waals surface area contributed by atoms with E-state index in [1.807, 2.05) is 31.2 Å². The molecular formula is C18H20N2O4. The number of amides is 1. The molecule has 1 N–H and O–H groups in total. The summed E-state index contributed by atoms with van der Waals surface area (Å²) in [5.74, 6) is -0.364. The zero-order chi connectivity index (χ0) is 17.7. The number of aryl methyl sites for hydroxylation is 1. The molecule has 0 fully saturated rings. The van der Waals surface area contributed by atoms with Crippen molar-refractivity contribution in [3.63, 3.8) is 0 Å². The Labute approximate surface area is 140 Å². The lowest BCUT2D eigenvalue weighted by molar-refractivity contribution is -0.384. The highest BCUT2D eigenvalue weighted by Crippen LogP contribution is 2.26. The molecule has 1 atom stereocenters. The Hall–Kier alpha value is -2.73. The number of nitrogens with one attached hydrogen (secondary N) is 1. The minimum Gasteiger partial charge on any atom is -0.383 e. The minimum absolute atomic E-state index is 0.113. The van der Waals surface area contributed by atoms with Gasteiger partial charge in [-0.1, -0.05) is 29.8 Å². The molecule has 24 heavy (non-hydrogen) atoms. The number of hydrogen-bond donors (Lipinski definition) is 1. The molecule has 126 valence electrons. The number of rotatable bonds is 6. The monoisotopic (exact) mass is 328 g/mol. The summed E-state index contributed by atoms with van der Waals surface area (Å²) in [7, 11) is 1.55. The Morgan fingerprint density at radius 1 is 1.21 bits per heavy atom. The van der Waals surface area contributed by atoms with E-state index < -0.39 is 4.92 Å². The van der Waals surface area contributed by atoms with Crippen molar-refractivity contribution in [1.29, 1.82) is 0 Å². The van der Waals surface area contributed by atoms with Crippen molar-refractivity contribution < 1.29 is 14.5 Å². The first-order valence-corrected chi connectivity index (χ1v) is 7.57. The standard InChI is InChI=1S/C18H20N2O4/c1-12-4-6-14(7-5-12)15-8-16(10-17(9-15)20(22)23)18(21)19-13(2)11-24-3/h4-10,13H,11H2,1-3H3,(H,19,21). The van der Waals surface area contributed by atoms with Gasteiger partial charge in [-0.25, -0.2) is 0 Å². The van der Waals surface area contributed by atoms with Crippen LogP contribution in [-0.4, -0.2) is 30.6 Å². The lowest BCUT2D eigenvalue weighted by Gasteiger charge is -2.13. The van der Waals surface area contributed by atoms with Gasteiger partial charge in [-0.3, -0.25) is 14.9 Å². The first-order chi connectivity index (χ1) is 11.4. The van der Waals surface area contributed by atoms with Crippen molar-refractivity contribution in [2.45, 2.75) is 19.9 Å². The van der Waals surface area contributed by atoms with Crippen LogP contribution in [-0.2, 0) is 4.74 Å². The third-order valence-corrected chi connectivity index (χ3v) is 3.57. The highest BCUT2D eigenvalue weighted by atomic mass is 16.6. The van der Waals surface area contributed by atoms with Crippen LogP contribution in [0.25, 0.3) is 11.1 Å². The van der Waals surface area contributed by atoms with E-state index in [1.165, 1.54) is 12.1 Å². The molecule has 0 aliphatic rings. The molecule has 2 aromatic rings. The first-order valence-electron chi connectivity index (χ1n) is 7.57. The van der Waals surface area contributed by atoms with E-state index in [2.05, 4.69) is 5.32 Å². The predicted molar refractivity (Wildman–Crippen MR) is 92.1 cm³/mol. The van der Waals surface area contributed by atoms with E-state index in [0.717, 1.165) is 11.1 Å². The van der Waals surface area contributed by atoms with Crippen molar-refractivity contribution in [2.75, 3.05) is 13.7 Å². The van der Waals surface area contributed by atoms with Gasteiger partial charge in [0.2, 0.25) is 0 Å². The maximum atomic E-state index is 12.4. The molecule has 0 radical (unpaired) electrons. The van der Waals surface area contributed by atoms with Crippen LogP contribution < -0.4 is 5.32 Å². The average Bonchev–Trinajstić information content (AvgIpc) is 2.55. The highest BCUT2D eigenvalue weighted by Gasteiger charge is 2.16. The first kappa shape index (κ1) is 17.6. The van der Waals surface area contributed by atoms with Crippen LogP contribution in [0.3, 0.4) is 0 Å². The molecule has 0 saturated heterocycles. The Balaban J connectivity index is 2.39. The molecule has 1 amide bonds. The van der Waals surface area contributed by atoms with Crippen LogP contribution in [0, 0.1) is 17.0 Å². The minimum atomic E-state index is -0.493. The number of hydrogen-bond acceptors (Lipinski definition) is 4. The normalized spacial score (nSPS) is 11.8. The van der Waals surface area contributed by atoms with Gasteiger partial charge in [-0.2, -0.15) is 0 Å². The lowest BCUT2D eigenvalue weighted by atomic mass is 10.0.